The van der Waals surface area contributed by atoms with Crippen molar-refractivity contribution >= 4 is 0 Å². The van der Waals surface area contributed by atoms with Gasteiger partial charge in [0, 0.05) is 19.3 Å². The summed E-state index contributed by atoms with van der Waals surface area (Å²) in [5.41, 5.74) is 0. The summed E-state index contributed by atoms with van der Waals surface area (Å²) >= 11 is 0. The van der Waals surface area contributed by atoms with Gasteiger partial charge in [-0.15, -0.1) is 0 Å². The van der Waals surface area contributed by atoms with Crippen molar-refractivity contribution in [2.45, 2.75) is 57.4 Å². The molecular formula is C14H27NO. The molecule has 1 heterocycles. The van der Waals surface area contributed by atoms with Crippen molar-refractivity contribution < 1.29 is 4.74 Å². The summed E-state index contributed by atoms with van der Waals surface area (Å²) in [5.74, 6) is 1.86. The van der Waals surface area contributed by atoms with Crippen LogP contribution < -0.4 is 5.32 Å². The van der Waals surface area contributed by atoms with E-state index in [2.05, 4.69) is 12.4 Å². The van der Waals surface area contributed by atoms with Crippen molar-refractivity contribution in [3.63, 3.8) is 0 Å². The number of hydrogen-bond donors (Lipinski definition) is 1. The number of nitrogens with one attached hydrogen (secondary N) is 1. The second-order valence-corrected chi connectivity index (χ2v) is 5.58. The van der Waals surface area contributed by atoms with E-state index in [0.717, 1.165) is 31.1 Å². The van der Waals surface area contributed by atoms with Gasteiger partial charge in [-0.1, -0.05) is 32.1 Å². The first kappa shape index (κ1) is 12.4. The highest BCUT2D eigenvalue weighted by molar-refractivity contribution is 4.81. The summed E-state index contributed by atoms with van der Waals surface area (Å²) in [6, 6.07) is 0.743. The first-order valence-electron chi connectivity index (χ1n) is 7.15. The number of ether oxygens (including phenoxy) is 1. The predicted molar refractivity (Wildman–Crippen MR) is 67.6 cm³/mol. The van der Waals surface area contributed by atoms with Crippen LogP contribution in [-0.2, 0) is 4.74 Å². The molecule has 2 nitrogen and oxygen atoms in total. The van der Waals surface area contributed by atoms with Gasteiger partial charge in [-0.3, -0.25) is 0 Å². The summed E-state index contributed by atoms with van der Waals surface area (Å²) < 4.78 is 5.46. The number of hydrogen-bond acceptors (Lipinski definition) is 2. The Bertz CT molecular complexity index is 183. The molecule has 1 unspecified atom stereocenters. The van der Waals surface area contributed by atoms with Gasteiger partial charge in [0.25, 0.3) is 0 Å². The van der Waals surface area contributed by atoms with Crippen LogP contribution in [0.25, 0.3) is 0 Å². The summed E-state index contributed by atoms with van der Waals surface area (Å²) in [6.45, 7) is 1.96. The molecule has 0 aromatic heterocycles. The van der Waals surface area contributed by atoms with Crippen LogP contribution in [-0.4, -0.2) is 26.3 Å². The Morgan fingerprint density at radius 2 is 1.75 bits per heavy atom. The Hall–Kier alpha value is -0.0800. The first-order valence-corrected chi connectivity index (χ1v) is 7.15. The first-order chi connectivity index (χ1) is 7.90. The van der Waals surface area contributed by atoms with Crippen LogP contribution in [0.15, 0.2) is 0 Å². The highest BCUT2D eigenvalue weighted by Crippen LogP contribution is 2.31. The van der Waals surface area contributed by atoms with E-state index in [1.807, 2.05) is 0 Å². The van der Waals surface area contributed by atoms with Crippen LogP contribution in [0.5, 0.6) is 0 Å². The lowest BCUT2D eigenvalue weighted by molar-refractivity contribution is 0.0502. The Morgan fingerprint density at radius 1 is 1.06 bits per heavy atom. The lowest BCUT2D eigenvalue weighted by Gasteiger charge is -2.33. The van der Waals surface area contributed by atoms with Crippen molar-refractivity contribution in [1.29, 1.82) is 0 Å². The van der Waals surface area contributed by atoms with E-state index in [4.69, 9.17) is 4.74 Å². The third kappa shape index (κ3) is 3.46. The molecule has 2 aliphatic rings. The normalized spacial score (nSPS) is 26.8. The standard InChI is InChI=1S/C14H27NO/c1-15-14(13-7-9-16-10-8-13)11-12-5-3-2-4-6-12/h12-15H,2-11H2,1H3. The van der Waals surface area contributed by atoms with E-state index in [9.17, 15) is 0 Å². The SMILES string of the molecule is CNC(CC1CCCCC1)C1CCOCC1. The monoisotopic (exact) mass is 225 g/mol. The fourth-order valence-corrected chi connectivity index (χ4v) is 3.45. The zero-order valence-electron chi connectivity index (χ0n) is 10.7. The zero-order chi connectivity index (χ0) is 11.2. The number of rotatable bonds is 4. The highest BCUT2D eigenvalue weighted by atomic mass is 16.5. The van der Waals surface area contributed by atoms with Crippen LogP contribution >= 0.6 is 0 Å². The van der Waals surface area contributed by atoms with Crippen molar-refractivity contribution in [3.8, 4) is 0 Å². The van der Waals surface area contributed by atoms with Gasteiger partial charge in [0.15, 0.2) is 0 Å². The van der Waals surface area contributed by atoms with Crippen LogP contribution in [0.3, 0.4) is 0 Å². The quantitative estimate of drug-likeness (QED) is 0.794. The maximum atomic E-state index is 5.46. The second kappa shape index (κ2) is 6.61. The molecule has 0 aromatic rings. The van der Waals surface area contributed by atoms with Crippen molar-refractivity contribution in [1.82, 2.24) is 5.32 Å². The summed E-state index contributed by atoms with van der Waals surface area (Å²) in [5, 5.41) is 3.56. The maximum Gasteiger partial charge on any atom is 0.0469 e. The van der Waals surface area contributed by atoms with E-state index in [-0.39, 0.29) is 0 Å². The van der Waals surface area contributed by atoms with E-state index in [1.54, 1.807) is 0 Å². The van der Waals surface area contributed by atoms with E-state index < -0.39 is 0 Å². The topological polar surface area (TPSA) is 21.3 Å². The van der Waals surface area contributed by atoms with Gasteiger partial charge in [-0.05, 0) is 38.1 Å². The fourth-order valence-electron chi connectivity index (χ4n) is 3.45. The Balaban J connectivity index is 1.78. The molecule has 1 N–H and O–H groups in total. The zero-order valence-corrected chi connectivity index (χ0v) is 10.7. The molecule has 94 valence electrons. The van der Waals surface area contributed by atoms with Gasteiger partial charge in [-0.2, -0.15) is 0 Å². The summed E-state index contributed by atoms with van der Waals surface area (Å²) in [7, 11) is 2.14. The smallest absolute Gasteiger partial charge is 0.0469 e. The van der Waals surface area contributed by atoms with Gasteiger partial charge in [0.05, 0.1) is 0 Å². The third-order valence-electron chi connectivity index (χ3n) is 4.52. The van der Waals surface area contributed by atoms with Gasteiger partial charge in [0.2, 0.25) is 0 Å². The van der Waals surface area contributed by atoms with E-state index in [0.29, 0.717) is 0 Å². The fraction of sp³-hybridized carbons (Fsp3) is 1.00. The molecule has 16 heavy (non-hydrogen) atoms. The largest absolute Gasteiger partial charge is 0.381 e. The van der Waals surface area contributed by atoms with Gasteiger partial charge < -0.3 is 10.1 Å². The van der Waals surface area contributed by atoms with Crippen molar-refractivity contribution in [2.75, 3.05) is 20.3 Å². The van der Waals surface area contributed by atoms with Crippen LogP contribution in [0.1, 0.15) is 51.4 Å². The minimum atomic E-state index is 0.743. The van der Waals surface area contributed by atoms with E-state index in [1.165, 1.54) is 51.4 Å². The molecule has 0 amide bonds. The molecule has 2 rings (SSSR count). The molecule has 1 atom stereocenters. The minimum Gasteiger partial charge on any atom is -0.381 e. The van der Waals surface area contributed by atoms with Gasteiger partial charge in [0.1, 0.15) is 0 Å². The molecule has 0 aromatic carbocycles. The molecule has 0 radical (unpaired) electrons. The molecule has 2 heteroatoms. The average Bonchev–Trinajstić information content (AvgIpc) is 2.38. The molecule has 1 aliphatic heterocycles. The minimum absolute atomic E-state index is 0.743. The molecule has 0 spiro atoms. The van der Waals surface area contributed by atoms with Crippen LogP contribution in [0.4, 0.5) is 0 Å². The maximum absolute atomic E-state index is 5.46. The Labute approximate surface area is 100 Å². The second-order valence-electron chi connectivity index (χ2n) is 5.58. The predicted octanol–water partition coefficient (Wildman–Crippen LogP) is 2.97. The lowest BCUT2D eigenvalue weighted by atomic mass is 9.80. The molecule has 2 fully saturated rings. The molecule has 0 bridgehead atoms. The average molecular weight is 225 g/mol. The molecule has 1 saturated carbocycles. The molecular weight excluding hydrogens is 198 g/mol. The summed E-state index contributed by atoms with van der Waals surface area (Å²) in [4.78, 5) is 0. The molecule has 1 aliphatic carbocycles. The third-order valence-corrected chi connectivity index (χ3v) is 4.52. The Kier molecular flexibility index (Phi) is 5.11. The van der Waals surface area contributed by atoms with Crippen LogP contribution in [0.2, 0.25) is 0 Å². The Morgan fingerprint density at radius 3 is 2.38 bits per heavy atom. The lowest BCUT2D eigenvalue weighted by Crippen LogP contribution is -2.38. The summed E-state index contributed by atoms with van der Waals surface area (Å²) in [6.07, 6.45) is 11.3. The van der Waals surface area contributed by atoms with Crippen molar-refractivity contribution in [3.05, 3.63) is 0 Å². The van der Waals surface area contributed by atoms with Gasteiger partial charge in [-0.25, -0.2) is 0 Å². The van der Waals surface area contributed by atoms with Crippen molar-refractivity contribution in [2.24, 2.45) is 11.8 Å². The van der Waals surface area contributed by atoms with E-state index >= 15 is 0 Å². The van der Waals surface area contributed by atoms with Gasteiger partial charge >= 0.3 is 0 Å². The highest BCUT2D eigenvalue weighted by Gasteiger charge is 2.26. The van der Waals surface area contributed by atoms with Crippen LogP contribution in [0, 0.1) is 11.8 Å². The molecule has 1 saturated heterocycles.